The minimum Gasteiger partial charge on any atom is -0.383 e. The van der Waals surface area contributed by atoms with Crippen LogP contribution in [0.1, 0.15) is 38.2 Å². The zero-order chi connectivity index (χ0) is 21.8. The first kappa shape index (κ1) is 21.1. The second-order valence-corrected chi connectivity index (χ2v) is 9.61. The van der Waals surface area contributed by atoms with Crippen LogP contribution in [0.2, 0.25) is 0 Å². The highest BCUT2D eigenvalue weighted by Gasteiger charge is 2.57. The Hall–Kier alpha value is -2.16. The van der Waals surface area contributed by atoms with Crippen molar-refractivity contribution in [3.63, 3.8) is 0 Å². The summed E-state index contributed by atoms with van der Waals surface area (Å²) in [6.07, 6.45) is -0.686. The van der Waals surface area contributed by atoms with Gasteiger partial charge in [-0.1, -0.05) is 20.8 Å². The van der Waals surface area contributed by atoms with E-state index in [1.165, 1.54) is 6.20 Å². The van der Waals surface area contributed by atoms with Crippen molar-refractivity contribution in [1.29, 1.82) is 0 Å². The Morgan fingerprint density at radius 1 is 1.17 bits per heavy atom. The van der Waals surface area contributed by atoms with Gasteiger partial charge in [0.25, 0.3) is 0 Å². The highest BCUT2D eigenvalue weighted by atomic mass is 19.4. The monoisotopic (exact) mass is 425 g/mol. The lowest BCUT2D eigenvalue weighted by molar-refractivity contribution is -0.137. The van der Waals surface area contributed by atoms with Crippen LogP contribution in [-0.4, -0.2) is 45.7 Å². The maximum absolute atomic E-state index is 13.3. The Labute approximate surface area is 173 Å². The van der Waals surface area contributed by atoms with Crippen LogP contribution in [0.25, 0.3) is 11.3 Å². The lowest BCUT2D eigenvalue weighted by Gasteiger charge is -2.21. The van der Waals surface area contributed by atoms with Gasteiger partial charge in [0, 0.05) is 50.1 Å². The lowest BCUT2D eigenvalue weighted by Crippen LogP contribution is -2.27. The molecule has 0 spiro atoms. The number of alkyl halides is 4. The maximum atomic E-state index is 13.3. The van der Waals surface area contributed by atoms with Gasteiger partial charge in [-0.3, -0.25) is 0 Å². The van der Waals surface area contributed by atoms with Gasteiger partial charge in [-0.05, 0) is 23.3 Å². The standard InChI is InChI=1S/C21H27F4N5/c1-20(2,3)7-17-28-16(12-6-15(21(23,24)25)19(26)27-8-12)11-30(17)18-13-9-29(5-4-22)10-14(13)18/h6,8,11,13-14,18H,4-5,7,9-10H2,1-3H3,(H2,26,27)/t13-,14+,18+. The van der Waals surface area contributed by atoms with E-state index in [0.29, 0.717) is 36.1 Å². The number of piperidine rings is 1. The zero-order valence-electron chi connectivity index (χ0n) is 17.4. The molecule has 0 amide bonds. The van der Waals surface area contributed by atoms with Gasteiger partial charge in [0.1, 0.15) is 18.3 Å². The zero-order valence-corrected chi connectivity index (χ0v) is 17.4. The van der Waals surface area contributed by atoms with E-state index in [1.807, 2.05) is 6.20 Å². The molecule has 0 aromatic carbocycles. The summed E-state index contributed by atoms with van der Waals surface area (Å²) in [5.41, 5.74) is 5.24. The first-order chi connectivity index (χ1) is 14.0. The summed E-state index contributed by atoms with van der Waals surface area (Å²) in [6.45, 7) is 8.13. The molecule has 1 aliphatic carbocycles. The predicted octanol–water partition coefficient (Wildman–Crippen LogP) is 4.21. The number of nitrogens with zero attached hydrogens (tertiary/aromatic N) is 4. The molecule has 4 rings (SSSR count). The minimum atomic E-state index is -4.57. The molecule has 30 heavy (non-hydrogen) atoms. The quantitative estimate of drug-likeness (QED) is 0.730. The van der Waals surface area contributed by atoms with E-state index < -0.39 is 17.6 Å². The van der Waals surface area contributed by atoms with E-state index in [4.69, 9.17) is 10.7 Å². The van der Waals surface area contributed by atoms with Crippen molar-refractivity contribution in [3.8, 4) is 11.3 Å². The first-order valence-corrected chi connectivity index (χ1v) is 10.2. The molecule has 2 N–H and O–H groups in total. The van der Waals surface area contributed by atoms with Crippen LogP contribution in [0.15, 0.2) is 18.5 Å². The van der Waals surface area contributed by atoms with Crippen LogP contribution in [0.5, 0.6) is 0 Å². The normalized spacial score (nSPS) is 24.3. The number of nitrogen functional groups attached to an aromatic ring is 1. The van der Waals surface area contributed by atoms with Crippen LogP contribution < -0.4 is 5.73 Å². The van der Waals surface area contributed by atoms with E-state index in [-0.39, 0.29) is 18.1 Å². The fourth-order valence-corrected chi connectivity index (χ4v) is 4.57. The molecular weight excluding hydrogens is 398 g/mol. The van der Waals surface area contributed by atoms with E-state index >= 15 is 0 Å². The molecule has 0 radical (unpaired) electrons. The van der Waals surface area contributed by atoms with Crippen molar-refractivity contribution in [1.82, 2.24) is 19.4 Å². The molecule has 5 nitrogen and oxygen atoms in total. The number of aromatic nitrogens is 3. The molecule has 9 heteroatoms. The lowest BCUT2D eigenvalue weighted by atomic mass is 9.92. The second kappa shape index (κ2) is 7.21. The van der Waals surface area contributed by atoms with Crippen LogP contribution >= 0.6 is 0 Å². The summed E-state index contributed by atoms with van der Waals surface area (Å²) < 4.78 is 54.6. The van der Waals surface area contributed by atoms with Gasteiger partial charge in [0.2, 0.25) is 0 Å². The molecule has 1 aliphatic heterocycles. The molecule has 2 aliphatic rings. The Kier molecular flexibility index (Phi) is 5.07. The van der Waals surface area contributed by atoms with Crippen LogP contribution in [0, 0.1) is 17.3 Å². The van der Waals surface area contributed by atoms with Gasteiger partial charge >= 0.3 is 6.18 Å². The summed E-state index contributed by atoms with van der Waals surface area (Å²) in [5.74, 6) is 1.20. The van der Waals surface area contributed by atoms with Crippen molar-refractivity contribution in [2.45, 2.75) is 39.4 Å². The Morgan fingerprint density at radius 3 is 2.40 bits per heavy atom. The number of hydrogen-bond acceptors (Lipinski definition) is 4. The Bertz CT molecular complexity index is 918. The summed E-state index contributed by atoms with van der Waals surface area (Å²) in [6, 6.07) is 1.29. The number of halogens is 4. The van der Waals surface area contributed by atoms with E-state index in [1.54, 1.807) is 0 Å². The second-order valence-electron chi connectivity index (χ2n) is 9.61. The SMILES string of the molecule is CC(C)(C)Cc1nc(-c2cnc(N)c(C(F)(F)F)c2)cn1[C@H]1[C@@H]2CN(CCF)C[C@@H]21. The maximum Gasteiger partial charge on any atom is 0.419 e. The molecule has 3 atom stereocenters. The van der Waals surface area contributed by atoms with Gasteiger partial charge < -0.3 is 15.2 Å². The van der Waals surface area contributed by atoms with Crippen LogP contribution in [-0.2, 0) is 12.6 Å². The molecule has 1 saturated carbocycles. The van der Waals surface area contributed by atoms with E-state index in [2.05, 4.69) is 35.2 Å². The van der Waals surface area contributed by atoms with Crippen molar-refractivity contribution in [2.24, 2.45) is 17.3 Å². The summed E-state index contributed by atoms with van der Waals surface area (Å²) in [4.78, 5) is 10.6. The first-order valence-electron chi connectivity index (χ1n) is 10.2. The third-order valence-corrected chi connectivity index (χ3v) is 5.96. The number of imidazole rings is 1. The number of nitrogens with two attached hydrogens (primary N) is 1. The van der Waals surface area contributed by atoms with E-state index in [9.17, 15) is 17.6 Å². The number of fused-ring (bicyclic) bond motifs is 1. The smallest absolute Gasteiger partial charge is 0.383 e. The number of pyridine rings is 1. The molecule has 2 fully saturated rings. The van der Waals surface area contributed by atoms with Crippen LogP contribution in [0.4, 0.5) is 23.4 Å². The van der Waals surface area contributed by atoms with Gasteiger partial charge in [-0.25, -0.2) is 14.4 Å². The fraction of sp³-hybridized carbons (Fsp3) is 0.619. The summed E-state index contributed by atoms with van der Waals surface area (Å²) in [7, 11) is 0. The van der Waals surface area contributed by atoms with E-state index in [0.717, 1.165) is 25.0 Å². The largest absolute Gasteiger partial charge is 0.419 e. The van der Waals surface area contributed by atoms with Crippen molar-refractivity contribution < 1.29 is 17.6 Å². The minimum absolute atomic E-state index is 0.0267. The van der Waals surface area contributed by atoms with Crippen molar-refractivity contribution in [2.75, 3.05) is 32.0 Å². The highest BCUT2D eigenvalue weighted by Crippen LogP contribution is 2.56. The van der Waals surface area contributed by atoms with Gasteiger partial charge in [0.05, 0.1) is 11.3 Å². The molecule has 1 saturated heterocycles. The number of anilines is 1. The summed E-state index contributed by atoms with van der Waals surface area (Å²) in [5, 5.41) is 0. The van der Waals surface area contributed by atoms with Crippen molar-refractivity contribution >= 4 is 5.82 Å². The predicted molar refractivity (Wildman–Crippen MR) is 106 cm³/mol. The Balaban J connectivity index is 1.66. The average molecular weight is 425 g/mol. The number of hydrogen-bond donors (Lipinski definition) is 1. The number of likely N-dealkylation sites (tertiary alicyclic amines) is 1. The topological polar surface area (TPSA) is 60.0 Å². The third-order valence-electron chi connectivity index (χ3n) is 5.96. The molecule has 0 bridgehead atoms. The van der Waals surface area contributed by atoms with Crippen molar-refractivity contribution in [3.05, 3.63) is 29.8 Å². The number of rotatable bonds is 5. The Morgan fingerprint density at radius 2 is 1.83 bits per heavy atom. The van der Waals surface area contributed by atoms with Crippen LogP contribution in [0.3, 0.4) is 0 Å². The molecule has 2 aromatic rings. The van der Waals surface area contributed by atoms with Gasteiger partial charge in [0.15, 0.2) is 0 Å². The summed E-state index contributed by atoms with van der Waals surface area (Å²) >= 11 is 0. The molecular formula is C21H27F4N5. The molecule has 3 heterocycles. The average Bonchev–Trinajstić information content (AvgIpc) is 2.96. The fourth-order valence-electron chi connectivity index (χ4n) is 4.57. The molecule has 2 aromatic heterocycles. The van der Waals surface area contributed by atoms with Gasteiger partial charge in [-0.15, -0.1) is 0 Å². The molecule has 0 unspecified atom stereocenters. The van der Waals surface area contributed by atoms with Gasteiger partial charge in [-0.2, -0.15) is 13.2 Å². The third kappa shape index (κ3) is 4.04. The molecule has 164 valence electrons. The highest BCUT2D eigenvalue weighted by molar-refractivity contribution is 5.62.